The lowest BCUT2D eigenvalue weighted by molar-refractivity contribution is -0.137. The van der Waals surface area contributed by atoms with Crippen LogP contribution in [0.5, 0.6) is 0 Å². The quantitative estimate of drug-likeness (QED) is 0.277. The van der Waals surface area contributed by atoms with Crippen LogP contribution < -0.4 is 10.2 Å². The van der Waals surface area contributed by atoms with E-state index in [-0.39, 0.29) is 30.5 Å². The van der Waals surface area contributed by atoms with E-state index in [0.29, 0.717) is 5.56 Å². The van der Waals surface area contributed by atoms with Gasteiger partial charge in [-0.3, -0.25) is 0 Å². The molecule has 0 atom stereocenters. The Morgan fingerprint density at radius 2 is 1.90 bits per heavy atom. The molecule has 1 aliphatic heterocycles. The van der Waals surface area contributed by atoms with E-state index in [1.54, 1.807) is 12.3 Å². The Balaban J connectivity index is 0.00000341. The number of benzene rings is 1. The van der Waals surface area contributed by atoms with E-state index in [4.69, 9.17) is 0 Å². The summed E-state index contributed by atoms with van der Waals surface area (Å²) in [5.74, 6) is 7.34. The largest absolute Gasteiger partial charge is 0.416 e. The SMILES string of the molecule is CCNC(=NCC#Cc1cccc(C(F)(F)F)c1)N1CCN(c2ccccn2)CC1.I. The number of alkyl halides is 3. The summed E-state index contributed by atoms with van der Waals surface area (Å²) in [4.78, 5) is 13.3. The Bertz CT molecular complexity index is 914. The molecule has 166 valence electrons. The van der Waals surface area contributed by atoms with E-state index >= 15 is 0 Å². The third-order valence-corrected chi connectivity index (χ3v) is 4.62. The smallest absolute Gasteiger partial charge is 0.356 e. The maximum absolute atomic E-state index is 12.8. The number of anilines is 1. The minimum atomic E-state index is -4.37. The monoisotopic (exact) mass is 543 g/mol. The Morgan fingerprint density at radius 3 is 2.55 bits per heavy atom. The Kier molecular flexibility index (Phi) is 9.43. The fraction of sp³-hybridized carbons (Fsp3) is 0.364. The van der Waals surface area contributed by atoms with Crippen molar-refractivity contribution in [2.75, 3.05) is 44.2 Å². The van der Waals surface area contributed by atoms with Crippen molar-refractivity contribution in [3.8, 4) is 11.8 Å². The van der Waals surface area contributed by atoms with Gasteiger partial charge in [0.05, 0.1) is 5.56 Å². The minimum absolute atomic E-state index is 0. The van der Waals surface area contributed by atoms with Gasteiger partial charge in [0.2, 0.25) is 0 Å². The number of piperazine rings is 1. The Morgan fingerprint density at radius 1 is 1.13 bits per heavy atom. The number of nitrogens with one attached hydrogen (secondary N) is 1. The van der Waals surface area contributed by atoms with Crippen molar-refractivity contribution < 1.29 is 13.2 Å². The third-order valence-electron chi connectivity index (χ3n) is 4.62. The van der Waals surface area contributed by atoms with Crippen molar-refractivity contribution in [1.29, 1.82) is 0 Å². The van der Waals surface area contributed by atoms with Gasteiger partial charge in [0.1, 0.15) is 12.4 Å². The van der Waals surface area contributed by atoms with Crippen molar-refractivity contribution >= 4 is 35.8 Å². The van der Waals surface area contributed by atoms with Crippen molar-refractivity contribution in [3.05, 3.63) is 59.8 Å². The number of hydrogen-bond acceptors (Lipinski definition) is 3. The van der Waals surface area contributed by atoms with E-state index in [1.807, 2.05) is 25.1 Å². The first-order valence-electron chi connectivity index (χ1n) is 9.82. The van der Waals surface area contributed by atoms with Crippen molar-refractivity contribution in [2.45, 2.75) is 13.1 Å². The number of nitrogens with zero attached hydrogens (tertiary/aromatic N) is 4. The Labute approximate surface area is 197 Å². The highest BCUT2D eigenvalue weighted by molar-refractivity contribution is 14.0. The maximum atomic E-state index is 12.8. The lowest BCUT2D eigenvalue weighted by Gasteiger charge is -2.37. The molecule has 1 saturated heterocycles. The average molecular weight is 543 g/mol. The van der Waals surface area contributed by atoms with Gasteiger partial charge in [0.15, 0.2) is 5.96 Å². The summed E-state index contributed by atoms with van der Waals surface area (Å²) >= 11 is 0. The van der Waals surface area contributed by atoms with Gasteiger partial charge in [-0.05, 0) is 37.3 Å². The molecule has 5 nitrogen and oxygen atoms in total. The molecule has 0 unspecified atom stereocenters. The van der Waals surface area contributed by atoms with Crippen molar-refractivity contribution in [1.82, 2.24) is 15.2 Å². The lowest BCUT2D eigenvalue weighted by atomic mass is 10.1. The number of halogens is 4. The number of pyridine rings is 1. The van der Waals surface area contributed by atoms with Crippen LogP contribution in [0.2, 0.25) is 0 Å². The molecule has 3 rings (SSSR count). The van der Waals surface area contributed by atoms with Crippen molar-refractivity contribution in [3.63, 3.8) is 0 Å². The van der Waals surface area contributed by atoms with Gasteiger partial charge in [0.25, 0.3) is 0 Å². The van der Waals surface area contributed by atoms with Crippen LogP contribution in [0.25, 0.3) is 0 Å². The van der Waals surface area contributed by atoms with E-state index in [0.717, 1.165) is 56.6 Å². The molecule has 1 aliphatic rings. The molecule has 2 aromatic rings. The van der Waals surface area contributed by atoms with Crippen LogP contribution in [0.3, 0.4) is 0 Å². The van der Waals surface area contributed by atoms with Gasteiger partial charge < -0.3 is 15.1 Å². The molecule has 31 heavy (non-hydrogen) atoms. The van der Waals surface area contributed by atoms with Gasteiger partial charge in [-0.25, -0.2) is 9.98 Å². The molecule has 0 radical (unpaired) electrons. The first-order chi connectivity index (χ1) is 14.5. The van der Waals surface area contributed by atoms with Gasteiger partial charge in [0, 0.05) is 44.5 Å². The number of aromatic nitrogens is 1. The zero-order valence-corrected chi connectivity index (χ0v) is 19.5. The van der Waals surface area contributed by atoms with Crippen LogP contribution in [0.4, 0.5) is 19.0 Å². The van der Waals surface area contributed by atoms with Gasteiger partial charge in [-0.15, -0.1) is 24.0 Å². The molecule has 1 fully saturated rings. The summed E-state index contributed by atoms with van der Waals surface area (Å²) in [5.41, 5.74) is -0.370. The molecule has 0 amide bonds. The third kappa shape index (κ3) is 7.31. The molecule has 0 aliphatic carbocycles. The number of rotatable bonds is 3. The normalized spacial score (nSPS) is 14.4. The van der Waals surface area contributed by atoms with Crippen LogP contribution >= 0.6 is 24.0 Å². The van der Waals surface area contributed by atoms with Crippen LogP contribution in [0.1, 0.15) is 18.1 Å². The van der Waals surface area contributed by atoms with Crippen LogP contribution in [-0.4, -0.2) is 55.1 Å². The zero-order valence-electron chi connectivity index (χ0n) is 17.2. The molecular weight excluding hydrogens is 518 g/mol. The first kappa shape index (κ1) is 24.8. The molecule has 9 heteroatoms. The predicted octanol–water partition coefficient (Wildman–Crippen LogP) is 3.86. The van der Waals surface area contributed by atoms with E-state index < -0.39 is 11.7 Å². The highest BCUT2D eigenvalue weighted by Crippen LogP contribution is 2.29. The second-order valence-corrected chi connectivity index (χ2v) is 6.71. The van der Waals surface area contributed by atoms with E-state index in [1.165, 1.54) is 6.07 Å². The summed E-state index contributed by atoms with van der Waals surface area (Å²) in [6, 6.07) is 10.9. The first-order valence-corrected chi connectivity index (χ1v) is 9.82. The molecule has 1 aromatic carbocycles. The molecule has 0 spiro atoms. The lowest BCUT2D eigenvalue weighted by Crippen LogP contribution is -2.52. The summed E-state index contributed by atoms with van der Waals surface area (Å²) in [6.45, 7) is 6.18. The van der Waals surface area contributed by atoms with Gasteiger partial charge in [-0.1, -0.05) is 24.0 Å². The standard InChI is InChI=1S/C22H24F3N5.HI/c1-2-26-21(30-15-13-29(14-16-30)20-10-3-4-11-27-20)28-12-6-8-18-7-5-9-19(17-18)22(23,24)25;/h3-5,7,9-11,17H,2,12-16H2,1H3,(H,26,28);1H. The van der Waals surface area contributed by atoms with Gasteiger partial charge in [-0.2, -0.15) is 13.2 Å². The highest BCUT2D eigenvalue weighted by atomic mass is 127. The fourth-order valence-electron chi connectivity index (χ4n) is 3.14. The number of hydrogen-bond donors (Lipinski definition) is 1. The second-order valence-electron chi connectivity index (χ2n) is 6.71. The maximum Gasteiger partial charge on any atom is 0.416 e. The summed E-state index contributed by atoms with van der Waals surface area (Å²) in [6.07, 6.45) is -2.58. The molecule has 1 aromatic heterocycles. The summed E-state index contributed by atoms with van der Waals surface area (Å²) in [7, 11) is 0. The number of aliphatic imine (C=N–C) groups is 1. The van der Waals surface area contributed by atoms with Crippen LogP contribution in [0, 0.1) is 11.8 Å². The topological polar surface area (TPSA) is 43.8 Å². The number of guanidine groups is 1. The average Bonchev–Trinajstić information content (AvgIpc) is 2.76. The molecule has 1 N–H and O–H groups in total. The molecular formula is C22H25F3IN5. The fourth-order valence-corrected chi connectivity index (χ4v) is 3.14. The molecule has 0 bridgehead atoms. The zero-order chi connectivity index (χ0) is 21.4. The van der Waals surface area contributed by atoms with E-state index in [9.17, 15) is 13.2 Å². The minimum Gasteiger partial charge on any atom is -0.356 e. The highest BCUT2D eigenvalue weighted by Gasteiger charge is 2.30. The summed E-state index contributed by atoms with van der Waals surface area (Å²) < 4.78 is 38.4. The van der Waals surface area contributed by atoms with Crippen LogP contribution in [-0.2, 0) is 6.18 Å². The Hall–Kier alpha value is -2.48. The second kappa shape index (κ2) is 11.8. The predicted molar refractivity (Wildman–Crippen MR) is 128 cm³/mol. The summed E-state index contributed by atoms with van der Waals surface area (Å²) in [5, 5.41) is 3.26. The van der Waals surface area contributed by atoms with Gasteiger partial charge >= 0.3 is 6.18 Å². The molecule has 2 heterocycles. The van der Waals surface area contributed by atoms with E-state index in [2.05, 4.69) is 36.9 Å². The van der Waals surface area contributed by atoms with Crippen LogP contribution in [0.15, 0.2) is 53.7 Å². The van der Waals surface area contributed by atoms with Crippen molar-refractivity contribution in [2.24, 2.45) is 4.99 Å². The molecule has 0 saturated carbocycles.